The second-order valence-corrected chi connectivity index (χ2v) is 6.65. The number of imide groups is 1. The first-order chi connectivity index (χ1) is 11.5. The topological polar surface area (TPSA) is 66.5 Å². The molecule has 1 heterocycles. The molecular weight excluding hydrogens is 324 g/mol. The van der Waals surface area contributed by atoms with Crippen LogP contribution in [0.4, 0.5) is 5.69 Å². The molecule has 0 fully saturated rings. The van der Waals surface area contributed by atoms with Crippen LogP contribution in [-0.2, 0) is 0 Å². The van der Waals surface area contributed by atoms with Crippen molar-refractivity contribution in [2.24, 2.45) is 0 Å². The van der Waals surface area contributed by atoms with Gasteiger partial charge in [-0.25, -0.2) is 0 Å². The summed E-state index contributed by atoms with van der Waals surface area (Å²) in [7, 11) is 1.43. The lowest BCUT2D eigenvalue weighted by Crippen LogP contribution is -2.24. The van der Waals surface area contributed by atoms with E-state index in [2.05, 4.69) is 5.32 Å². The van der Waals surface area contributed by atoms with Gasteiger partial charge in [0.1, 0.15) is 0 Å². The number of hydrogen-bond donors (Lipinski definition) is 1. The molecule has 24 heavy (non-hydrogen) atoms. The van der Waals surface area contributed by atoms with Gasteiger partial charge in [-0.1, -0.05) is 19.1 Å². The Morgan fingerprint density at radius 3 is 2.62 bits per heavy atom. The summed E-state index contributed by atoms with van der Waals surface area (Å²) in [4.78, 5) is 38.8. The summed E-state index contributed by atoms with van der Waals surface area (Å²) in [5, 5.41) is 2.75. The van der Waals surface area contributed by atoms with Gasteiger partial charge in [0.2, 0.25) is 0 Å². The van der Waals surface area contributed by atoms with Crippen LogP contribution in [0.5, 0.6) is 0 Å². The van der Waals surface area contributed by atoms with Crippen LogP contribution in [0.1, 0.15) is 38.0 Å². The van der Waals surface area contributed by atoms with E-state index in [-0.39, 0.29) is 17.4 Å². The molecule has 2 aromatic rings. The molecule has 0 unspecified atom stereocenters. The van der Waals surface area contributed by atoms with Crippen molar-refractivity contribution < 1.29 is 14.4 Å². The molecule has 0 radical (unpaired) electrons. The van der Waals surface area contributed by atoms with Crippen LogP contribution in [0.3, 0.4) is 0 Å². The third kappa shape index (κ3) is 2.80. The normalized spacial score (nSPS) is 13.2. The number of rotatable bonds is 4. The van der Waals surface area contributed by atoms with E-state index in [1.54, 1.807) is 36.0 Å². The summed E-state index contributed by atoms with van der Waals surface area (Å²) >= 11 is 1.65. The Labute approximate surface area is 144 Å². The van der Waals surface area contributed by atoms with Crippen molar-refractivity contribution >= 4 is 35.2 Å². The lowest BCUT2D eigenvalue weighted by molar-refractivity contribution is 0.0693. The number of anilines is 1. The second-order valence-electron chi connectivity index (χ2n) is 5.31. The molecular formula is C18H16N2O3S. The number of amides is 3. The van der Waals surface area contributed by atoms with Gasteiger partial charge < -0.3 is 5.32 Å². The number of carbonyl (C=O) groups excluding carboxylic acids is 3. The van der Waals surface area contributed by atoms with E-state index in [1.165, 1.54) is 7.05 Å². The van der Waals surface area contributed by atoms with Crippen LogP contribution in [-0.4, -0.2) is 35.4 Å². The van der Waals surface area contributed by atoms with Gasteiger partial charge in [0.15, 0.2) is 0 Å². The van der Waals surface area contributed by atoms with Gasteiger partial charge in [-0.3, -0.25) is 19.3 Å². The molecule has 122 valence electrons. The molecule has 0 aliphatic carbocycles. The van der Waals surface area contributed by atoms with Crippen molar-refractivity contribution in [1.82, 2.24) is 4.90 Å². The maximum Gasteiger partial charge on any atom is 0.263 e. The molecule has 0 spiro atoms. The fraction of sp³-hybridized carbons (Fsp3) is 0.167. The molecule has 0 aromatic heterocycles. The van der Waals surface area contributed by atoms with Gasteiger partial charge in [-0.2, -0.15) is 0 Å². The van der Waals surface area contributed by atoms with Gasteiger partial charge in [0, 0.05) is 17.5 Å². The molecule has 3 amide bonds. The van der Waals surface area contributed by atoms with E-state index < -0.39 is 5.91 Å². The molecule has 0 saturated heterocycles. The van der Waals surface area contributed by atoms with E-state index in [0.717, 1.165) is 15.5 Å². The second kappa shape index (κ2) is 6.49. The predicted molar refractivity (Wildman–Crippen MR) is 93.7 cm³/mol. The molecule has 1 N–H and O–H groups in total. The summed E-state index contributed by atoms with van der Waals surface area (Å²) in [5.41, 5.74) is 1.43. The van der Waals surface area contributed by atoms with Crippen LogP contribution in [0.2, 0.25) is 0 Å². The van der Waals surface area contributed by atoms with Crippen LogP contribution in [0.25, 0.3) is 0 Å². The number of hydrogen-bond acceptors (Lipinski definition) is 4. The quantitative estimate of drug-likeness (QED) is 0.685. The van der Waals surface area contributed by atoms with E-state index in [0.29, 0.717) is 16.8 Å². The zero-order valence-electron chi connectivity index (χ0n) is 13.3. The zero-order chi connectivity index (χ0) is 17.3. The molecule has 2 aromatic carbocycles. The fourth-order valence-electron chi connectivity index (χ4n) is 2.59. The molecule has 1 aliphatic heterocycles. The average Bonchev–Trinajstić information content (AvgIpc) is 2.81. The minimum atomic E-state index is -0.402. The standard InChI is InChI=1S/C18H16N2O3S/c1-3-24-12-7-4-6-11(10-12)16(21)19-14-9-5-8-13-15(14)18(23)20(2)17(13)22/h4-10H,3H2,1-2H3,(H,19,21). The Morgan fingerprint density at radius 2 is 1.88 bits per heavy atom. The summed E-state index contributed by atoms with van der Waals surface area (Å²) in [6.45, 7) is 2.05. The van der Waals surface area contributed by atoms with Crippen molar-refractivity contribution in [3.63, 3.8) is 0 Å². The van der Waals surface area contributed by atoms with Gasteiger partial charge in [-0.05, 0) is 36.1 Å². The third-order valence-corrected chi connectivity index (χ3v) is 4.65. The van der Waals surface area contributed by atoms with Crippen molar-refractivity contribution in [3.8, 4) is 0 Å². The van der Waals surface area contributed by atoms with Crippen molar-refractivity contribution in [3.05, 3.63) is 59.2 Å². The summed E-state index contributed by atoms with van der Waals surface area (Å²) < 4.78 is 0. The van der Waals surface area contributed by atoms with Crippen molar-refractivity contribution in [2.75, 3.05) is 18.1 Å². The Balaban J connectivity index is 1.91. The number of fused-ring (bicyclic) bond motifs is 1. The highest BCUT2D eigenvalue weighted by Gasteiger charge is 2.35. The zero-order valence-corrected chi connectivity index (χ0v) is 14.1. The largest absolute Gasteiger partial charge is 0.321 e. The number of nitrogens with zero attached hydrogens (tertiary/aromatic N) is 1. The molecule has 3 rings (SSSR count). The Hall–Kier alpha value is -2.60. The summed E-state index contributed by atoms with van der Waals surface area (Å²) in [5.74, 6) is -0.148. The Bertz CT molecular complexity index is 848. The van der Waals surface area contributed by atoms with Crippen molar-refractivity contribution in [1.29, 1.82) is 0 Å². The lowest BCUT2D eigenvalue weighted by Gasteiger charge is -2.09. The molecule has 5 nitrogen and oxygen atoms in total. The first-order valence-electron chi connectivity index (χ1n) is 7.52. The van der Waals surface area contributed by atoms with Gasteiger partial charge >= 0.3 is 0 Å². The third-order valence-electron chi connectivity index (χ3n) is 3.77. The smallest absolute Gasteiger partial charge is 0.263 e. The highest BCUT2D eigenvalue weighted by atomic mass is 32.2. The van der Waals surface area contributed by atoms with Crippen LogP contribution < -0.4 is 5.32 Å². The maximum atomic E-state index is 12.5. The van der Waals surface area contributed by atoms with E-state index in [9.17, 15) is 14.4 Å². The predicted octanol–water partition coefficient (Wildman–Crippen LogP) is 3.28. The number of benzene rings is 2. The molecule has 0 saturated carbocycles. The SMILES string of the molecule is CCSc1cccc(C(=O)Nc2cccc3c2C(=O)N(C)C3=O)c1. The van der Waals surface area contributed by atoms with Gasteiger partial charge in [0.05, 0.1) is 16.8 Å². The first kappa shape index (κ1) is 16.3. The number of nitrogens with one attached hydrogen (secondary N) is 1. The molecule has 6 heteroatoms. The minimum absolute atomic E-state index is 0.248. The summed E-state index contributed by atoms with van der Waals surface area (Å²) in [6, 6.07) is 12.2. The molecule has 0 atom stereocenters. The van der Waals surface area contributed by atoms with E-state index in [4.69, 9.17) is 0 Å². The Morgan fingerprint density at radius 1 is 1.12 bits per heavy atom. The molecule has 0 bridgehead atoms. The van der Waals surface area contributed by atoms with E-state index >= 15 is 0 Å². The highest BCUT2D eigenvalue weighted by Crippen LogP contribution is 2.29. The average molecular weight is 340 g/mol. The number of carbonyl (C=O) groups is 3. The maximum absolute atomic E-state index is 12.5. The lowest BCUT2D eigenvalue weighted by atomic mass is 10.1. The first-order valence-corrected chi connectivity index (χ1v) is 8.51. The van der Waals surface area contributed by atoms with Crippen LogP contribution in [0, 0.1) is 0 Å². The highest BCUT2D eigenvalue weighted by molar-refractivity contribution is 7.99. The summed E-state index contributed by atoms with van der Waals surface area (Å²) in [6.07, 6.45) is 0. The monoisotopic (exact) mass is 340 g/mol. The van der Waals surface area contributed by atoms with Crippen LogP contribution >= 0.6 is 11.8 Å². The van der Waals surface area contributed by atoms with Gasteiger partial charge in [-0.15, -0.1) is 11.8 Å². The fourth-order valence-corrected chi connectivity index (χ4v) is 3.31. The molecule has 1 aliphatic rings. The van der Waals surface area contributed by atoms with Gasteiger partial charge in [0.25, 0.3) is 17.7 Å². The van der Waals surface area contributed by atoms with Crippen molar-refractivity contribution in [2.45, 2.75) is 11.8 Å². The van der Waals surface area contributed by atoms with E-state index in [1.807, 2.05) is 25.1 Å². The minimum Gasteiger partial charge on any atom is -0.321 e. The van der Waals surface area contributed by atoms with Crippen LogP contribution in [0.15, 0.2) is 47.4 Å². The Kier molecular flexibility index (Phi) is 4.40. The number of thioether (sulfide) groups is 1.